The molecule has 15 heavy (non-hydrogen) atoms. The van der Waals surface area contributed by atoms with Crippen LogP contribution in [-0.2, 0) is 6.54 Å². The summed E-state index contributed by atoms with van der Waals surface area (Å²) in [5.74, 6) is 1.14. The highest BCUT2D eigenvalue weighted by Gasteiger charge is 2.09. The van der Waals surface area contributed by atoms with Gasteiger partial charge in [0.2, 0.25) is 0 Å². The number of rotatable bonds is 4. The molecule has 0 bridgehead atoms. The molecule has 2 N–H and O–H groups in total. The number of hydrogen-bond donors (Lipinski definition) is 2. The van der Waals surface area contributed by atoms with Crippen molar-refractivity contribution >= 4 is 6.09 Å². The zero-order valence-electron chi connectivity index (χ0n) is 8.61. The van der Waals surface area contributed by atoms with Gasteiger partial charge in [0.25, 0.3) is 0 Å². The van der Waals surface area contributed by atoms with E-state index in [2.05, 4.69) is 5.32 Å². The Morgan fingerprint density at radius 2 is 2.13 bits per heavy atom. The van der Waals surface area contributed by atoms with Crippen LogP contribution >= 0.6 is 0 Å². The summed E-state index contributed by atoms with van der Waals surface area (Å²) >= 11 is 0. The first-order chi connectivity index (χ1) is 7.19. The van der Waals surface area contributed by atoms with Crippen molar-refractivity contribution < 1.29 is 19.4 Å². The van der Waals surface area contributed by atoms with Crippen LogP contribution in [0.3, 0.4) is 0 Å². The van der Waals surface area contributed by atoms with Crippen molar-refractivity contribution in [3.8, 4) is 11.5 Å². The molecule has 1 aromatic carbocycles. The van der Waals surface area contributed by atoms with Gasteiger partial charge < -0.3 is 19.9 Å². The SMILES string of the molecule is COc1cccc(CNC(=O)O)c1OC. The van der Waals surface area contributed by atoms with E-state index in [0.29, 0.717) is 11.5 Å². The molecule has 5 nitrogen and oxygen atoms in total. The average Bonchev–Trinajstić information content (AvgIpc) is 2.25. The van der Waals surface area contributed by atoms with Gasteiger partial charge in [-0.2, -0.15) is 0 Å². The number of carboxylic acid groups (broad SMARTS) is 1. The average molecular weight is 211 g/mol. The predicted octanol–water partition coefficient (Wildman–Crippen LogP) is 1.47. The Balaban J connectivity index is 2.90. The van der Waals surface area contributed by atoms with Gasteiger partial charge >= 0.3 is 6.09 Å². The number of para-hydroxylation sites is 1. The highest BCUT2D eigenvalue weighted by molar-refractivity contribution is 5.64. The molecule has 0 aromatic heterocycles. The molecular formula is C10H13NO4. The summed E-state index contributed by atoms with van der Waals surface area (Å²) in [4.78, 5) is 10.3. The Kier molecular flexibility index (Phi) is 3.79. The maximum absolute atomic E-state index is 10.3. The molecule has 0 aliphatic rings. The minimum atomic E-state index is -1.07. The summed E-state index contributed by atoms with van der Waals surface area (Å²) in [6.45, 7) is 0.190. The fourth-order valence-corrected chi connectivity index (χ4v) is 1.26. The van der Waals surface area contributed by atoms with Gasteiger partial charge in [0.15, 0.2) is 11.5 Å². The molecule has 1 aromatic rings. The third kappa shape index (κ3) is 2.77. The maximum Gasteiger partial charge on any atom is 0.404 e. The second-order valence-electron chi connectivity index (χ2n) is 2.81. The van der Waals surface area contributed by atoms with Crippen molar-refractivity contribution in [1.82, 2.24) is 5.32 Å². The third-order valence-corrected chi connectivity index (χ3v) is 1.91. The van der Waals surface area contributed by atoms with Gasteiger partial charge in [0, 0.05) is 12.1 Å². The van der Waals surface area contributed by atoms with Crippen LogP contribution in [0.25, 0.3) is 0 Å². The zero-order chi connectivity index (χ0) is 11.3. The molecule has 5 heteroatoms. The van der Waals surface area contributed by atoms with Crippen LogP contribution in [0.5, 0.6) is 11.5 Å². The molecule has 0 atom stereocenters. The lowest BCUT2D eigenvalue weighted by Crippen LogP contribution is -2.20. The Morgan fingerprint density at radius 3 is 2.67 bits per heavy atom. The molecule has 82 valence electrons. The number of carbonyl (C=O) groups is 1. The lowest BCUT2D eigenvalue weighted by atomic mass is 10.2. The molecule has 0 aliphatic carbocycles. The summed E-state index contributed by atoms with van der Waals surface area (Å²) in [5.41, 5.74) is 0.735. The Bertz CT molecular complexity index is 351. The summed E-state index contributed by atoms with van der Waals surface area (Å²) in [6, 6.07) is 5.31. The van der Waals surface area contributed by atoms with E-state index in [0.717, 1.165) is 5.56 Å². The second kappa shape index (κ2) is 5.09. The van der Waals surface area contributed by atoms with Gasteiger partial charge in [-0.15, -0.1) is 0 Å². The van der Waals surface area contributed by atoms with Crippen LogP contribution < -0.4 is 14.8 Å². The van der Waals surface area contributed by atoms with Gasteiger partial charge in [-0.1, -0.05) is 12.1 Å². The van der Waals surface area contributed by atoms with E-state index in [-0.39, 0.29) is 6.54 Å². The van der Waals surface area contributed by atoms with Crippen molar-refractivity contribution in [2.45, 2.75) is 6.54 Å². The van der Waals surface area contributed by atoms with Crippen LogP contribution in [0.4, 0.5) is 4.79 Å². The van der Waals surface area contributed by atoms with Crippen LogP contribution in [0.15, 0.2) is 18.2 Å². The van der Waals surface area contributed by atoms with E-state index < -0.39 is 6.09 Å². The molecule has 0 unspecified atom stereocenters. The summed E-state index contributed by atoms with van der Waals surface area (Å²) in [5, 5.41) is 10.8. The smallest absolute Gasteiger partial charge is 0.404 e. The molecule has 0 radical (unpaired) electrons. The predicted molar refractivity (Wildman–Crippen MR) is 54.4 cm³/mol. The fraction of sp³-hybridized carbons (Fsp3) is 0.300. The van der Waals surface area contributed by atoms with E-state index in [4.69, 9.17) is 14.6 Å². The number of nitrogens with one attached hydrogen (secondary N) is 1. The highest BCUT2D eigenvalue weighted by atomic mass is 16.5. The van der Waals surface area contributed by atoms with E-state index in [1.54, 1.807) is 18.2 Å². The molecule has 0 heterocycles. The standard InChI is InChI=1S/C10H13NO4/c1-14-8-5-3-4-7(9(8)15-2)6-11-10(12)13/h3-5,11H,6H2,1-2H3,(H,12,13). The van der Waals surface area contributed by atoms with E-state index in [9.17, 15) is 4.79 Å². The van der Waals surface area contributed by atoms with E-state index in [1.165, 1.54) is 14.2 Å². The van der Waals surface area contributed by atoms with Crippen LogP contribution in [-0.4, -0.2) is 25.4 Å². The first-order valence-corrected chi connectivity index (χ1v) is 4.35. The lowest BCUT2D eigenvalue weighted by molar-refractivity contribution is 0.194. The Labute approximate surface area is 87.6 Å². The minimum Gasteiger partial charge on any atom is -0.493 e. The van der Waals surface area contributed by atoms with Gasteiger partial charge in [-0.25, -0.2) is 4.79 Å². The number of benzene rings is 1. The topological polar surface area (TPSA) is 67.8 Å². The molecule has 0 saturated heterocycles. The molecular weight excluding hydrogens is 198 g/mol. The molecule has 0 spiro atoms. The molecule has 0 fully saturated rings. The fourth-order valence-electron chi connectivity index (χ4n) is 1.26. The number of methoxy groups -OCH3 is 2. The quantitative estimate of drug-likeness (QED) is 0.791. The van der Waals surface area contributed by atoms with E-state index in [1.807, 2.05) is 0 Å². The van der Waals surface area contributed by atoms with Crippen molar-refractivity contribution in [3.63, 3.8) is 0 Å². The lowest BCUT2D eigenvalue weighted by Gasteiger charge is -2.12. The number of hydrogen-bond acceptors (Lipinski definition) is 3. The van der Waals surface area contributed by atoms with Gasteiger partial charge in [0.1, 0.15) is 0 Å². The minimum absolute atomic E-state index is 0.190. The van der Waals surface area contributed by atoms with Crippen molar-refractivity contribution in [3.05, 3.63) is 23.8 Å². The summed E-state index contributed by atoms with van der Waals surface area (Å²) < 4.78 is 10.2. The summed E-state index contributed by atoms with van der Waals surface area (Å²) in [6.07, 6.45) is -1.07. The van der Waals surface area contributed by atoms with Crippen molar-refractivity contribution in [1.29, 1.82) is 0 Å². The zero-order valence-corrected chi connectivity index (χ0v) is 8.61. The molecule has 0 saturated carbocycles. The normalized spacial score (nSPS) is 9.47. The molecule has 0 aliphatic heterocycles. The first kappa shape index (κ1) is 11.2. The summed E-state index contributed by atoms with van der Waals surface area (Å²) in [7, 11) is 3.05. The first-order valence-electron chi connectivity index (χ1n) is 4.35. The van der Waals surface area contributed by atoms with Crippen molar-refractivity contribution in [2.75, 3.05) is 14.2 Å². The monoisotopic (exact) mass is 211 g/mol. The second-order valence-corrected chi connectivity index (χ2v) is 2.81. The van der Waals surface area contributed by atoms with Gasteiger partial charge in [-0.05, 0) is 6.07 Å². The van der Waals surface area contributed by atoms with Crippen LogP contribution in [0.1, 0.15) is 5.56 Å². The van der Waals surface area contributed by atoms with Gasteiger partial charge in [0.05, 0.1) is 14.2 Å². The highest BCUT2D eigenvalue weighted by Crippen LogP contribution is 2.30. The largest absolute Gasteiger partial charge is 0.493 e. The third-order valence-electron chi connectivity index (χ3n) is 1.91. The Hall–Kier alpha value is -1.91. The molecule has 1 amide bonds. The number of ether oxygens (including phenoxy) is 2. The Morgan fingerprint density at radius 1 is 1.40 bits per heavy atom. The van der Waals surface area contributed by atoms with Gasteiger partial charge in [-0.3, -0.25) is 0 Å². The van der Waals surface area contributed by atoms with E-state index >= 15 is 0 Å². The van der Waals surface area contributed by atoms with Crippen molar-refractivity contribution in [2.24, 2.45) is 0 Å². The molecule has 1 rings (SSSR count). The van der Waals surface area contributed by atoms with Crippen LogP contribution in [0, 0.1) is 0 Å². The van der Waals surface area contributed by atoms with Crippen LogP contribution in [0.2, 0.25) is 0 Å². The maximum atomic E-state index is 10.3. The number of amides is 1.